The minimum atomic E-state index is -0.00300. The predicted octanol–water partition coefficient (Wildman–Crippen LogP) is 3.00. The number of nitrogens with one attached hydrogen (secondary N) is 1. The van der Waals surface area contributed by atoms with Crippen molar-refractivity contribution in [2.24, 2.45) is 0 Å². The van der Waals surface area contributed by atoms with E-state index in [1.165, 1.54) is 11.8 Å². The summed E-state index contributed by atoms with van der Waals surface area (Å²) in [7, 11) is 0. The SMILES string of the molecule is C/C=C/CCNC(=O)CSc1nc2ccccc2o1. The fourth-order valence-corrected chi connectivity index (χ4v) is 2.22. The summed E-state index contributed by atoms with van der Waals surface area (Å²) >= 11 is 1.31. The fraction of sp³-hybridized carbons (Fsp3) is 0.286. The van der Waals surface area contributed by atoms with Gasteiger partial charge in [0.1, 0.15) is 5.52 Å². The Kier molecular flexibility index (Phi) is 5.03. The Bertz CT molecular complexity index is 545. The van der Waals surface area contributed by atoms with E-state index in [-0.39, 0.29) is 5.91 Å². The van der Waals surface area contributed by atoms with E-state index in [2.05, 4.69) is 10.3 Å². The van der Waals surface area contributed by atoms with Gasteiger partial charge in [-0.15, -0.1) is 0 Å². The van der Waals surface area contributed by atoms with Crippen LogP contribution in [0.1, 0.15) is 13.3 Å². The van der Waals surface area contributed by atoms with Crippen LogP contribution in [0.2, 0.25) is 0 Å². The molecule has 1 aromatic carbocycles. The summed E-state index contributed by atoms with van der Waals surface area (Å²) < 4.78 is 5.52. The van der Waals surface area contributed by atoms with Crippen molar-refractivity contribution in [1.29, 1.82) is 0 Å². The van der Waals surface area contributed by atoms with Gasteiger partial charge < -0.3 is 9.73 Å². The fourth-order valence-electron chi connectivity index (χ4n) is 1.55. The van der Waals surface area contributed by atoms with Gasteiger partial charge >= 0.3 is 0 Å². The van der Waals surface area contributed by atoms with E-state index in [9.17, 15) is 4.79 Å². The number of benzene rings is 1. The van der Waals surface area contributed by atoms with Gasteiger partial charge in [-0.1, -0.05) is 36.0 Å². The maximum absolute atomic E-state index is 11.6. The van der Waals surface area contributed by atoms with Crippen LogP contribution in [0.3, 0.4) is 0 Å². The van der Waals surface area contributed by atoms with E-state index in [4.69, 9.17) is 4.42 Å². The molecule has 5 heteroatoms. The molecule has 2 rings (SSSR count). The third-order valence-electron chi connectivity index (χ3n) is 2.47. The average molecular weight is 276 g/mol. The summed E-state index contributed by atoms with van der Waals surface area (Å²) in [5.41, 5.74) is 1.57. The van der Waals surface area contributed by atoms with Crippen molar-refractivity contribution in [1.82, 2.24) is 10.3 Å². The molecule has 4 nitrogen and oxygen atoms in total. The van der Waals surface area contributed by atoms with Crippen molar-refractivity contribution in [2.75, 3.05) is 12.3 Å². The highest BCUT2D eigenvalue weighted by Crippen LogP contribution is 2.22. The molecule has 1 heterocycles. The van der Waals surface area contributed by atoms with E-state index in [1.54, 1.807) is 0 Å². The summed E-state index contributed by atoms with van der Waals surface area (Å²) in [6.45, 7) is 2.63. The zero-order chi connectivity index (χ0) is 13.5. The van der Waals surface area contributed by atoms with E-state index in [0.29, 0.717) is 17.5 Å². The molecule has 0 radical (unpaired) electrons. The lowest BCUT2D eigenvalue weighted by Crippen LogP contribution is -2.25. The highest BCUT2D eigenvalue weighted by molar-refractivity contribution is 7.99. The zero-order valence-corrected chi connectivity index (χ0v) is 11.6. The van der Waals surface area contributed by atoms with E-state index < -0.39 is 0 Å². The number of hydrogen-bond donors (Lipinski definition) is 1. The molecule has 0 fully saturated rings. The van der Waals surface area contributed by atoms with Gasteiger partial charge in [-0.25, -0.2) is 4.98 Å². The van der Waals surface area contributed by atoms with Crippen molar-refractivity contribution in [3.05, 3.63) is 36.4 Å². The lowest BCUT2D eigenvalue weighted by Gasteiger charge is -2.00. The predicted molar refractivity (Wildman–Crippen MR) is 77.2 cm³/mol. The van der Waals surface area contributed by atoms with Crippen molar-refractivity contribution < 1.29 is 9.21 Å². The Balaban J connectivity index is 1.80. The summed E-state index contributed by atoms with van der Waals surface area (Å²) in [4.78, 5) is 15.9. The normalized spacial score (nSPS) is 11.2. The first-order valence-electron chi connectivity index (χ1n) is 6.16. The third-order valence-corrected chi connectivity index (χ3v) is 3.30. The van der Waals surface area contributed by atoms with E-state index in [0.717, 1.165) is 17.5 Å². The molecule has 0 saturated heterocycles. The number of hydrogen-bond acceptors (Lipinski definition) is 4. The number of nitrogens with zero attached hydrogens (tertiary/aromatic N) is 1. The maximum Gasteiger partial charge on any atom is 0.257 e. The lowest BCUT2D eigenvalue weighted by atomic mass is 10.3. The van der Waals surface area contributed by atoms with Crippen LogP contribution in [0.4, 0.5) is 0 Å². The summed E-state index contributed by atoms with van der Waals surface area (Å²) in [6.07, 6.45) is 4.85. The number of fused-ring (bicyclic) bond motifs is 1. The van der Waals surface area contributed by atoms with Gasteiger partial charge in [0.05, 0.1) is 5.75 Å². The standard InChI is InChI=1S/C14H16N2O2S/c1-2-3-6-9-15-13(17)10-19-14-16-11-7-4-5-8-12(11)18-14/h2-5,7-8H,6,9-10H2,1H3,(H,15,17)/b3-2+. The second-order valence-corrected chi connectivity index (χ2v) is 4.87. The van der Waals surface area contributed by atoms with Gasteiger partial charge in [0.15, 0.2) is 5.58 Å². The van der Waals surface area contributed by atoms with Crippen molar-refractivity contribution in [3.8, 4) is 0 Å². The molecule has 100 valence electrons. The van der Waals surface area contributed by atoms with Crippen LogP contribution in [-0.4, -0.2) is 23.2 Å². The second-order valence-electron chi connectivity index (χ2n) is 3.94. The van der Waals surface area contributed by atoms with Gasteiger partial charge in [-0.2, -0.15) is 0 Å². The number of allylic oxidation sites excluding steroid dienone is 1. The Morgan fingerprint density at radius 2 is 2.32 bits per heavy atom. The molecule has 0 bridgehead atoms. The largest absolute Gasteiger partial charge is 0.431 e. The third kappa shape index (κ3) is 4.13. The molecule has 1 N–H and O–H groups in total. The van der Waals surface area contributed by atoms with E-state index in [1.807, 2.05) is 43.3 Å². The van der Waals surface area contributed by atoms with Crippen LogP contribution >= 0.6 is 11.8 Å². The molecule has 0 aliphatic heterocycles. The highest BCUT2D eigenvalue weighted by Gasteiger charge is 2.08. The van der Waals surface area contributed by atoms with Gasteiger partial charge in [0, 0.05) is 6.54 Å². The topological polar surface area (TPSA) is 55.1 Å². The first kappa shape index (κ1) is 13.7. The number of carbonyl (C=O) groups excluding carboxylic acids is 1. The Hall–Kier alpha value is -1.75. The van der Waals surface area contributed by atoms with E-state index >= 15 is 0 Å². The number of rotatable bonds is 6. The van der Waals surface area contributed by atoms with Gasteiger partial charge in [-0.3, -0.25) is 4.79 Å². The molecule has 1 aromatic heterocycles. The molecule has 0 aliphatic rings. The second kappa shape index (κ2) is 6.99. The number of oxazole rings is 1. The van der Waals surface area contributed by atoms with Crippen molar-refractivity contribution in [2.45, 2.75) is 18.6 Å². The van der Waals surface area contributed by atoms with Crippen LogP contribution < -0.4 is 5.32 Å². The first-order chi connectivity index (χ1) is 9.29. The summed E-state index contributed by atoms with van der Waals surface area (Å²) in [6, 6.07) is 7.56. The molecular weight excluding hydrogens is 260 g/mol. The molecule has 0 unspecified atom stereocenters. The number of carbonyl (C=O) groups is 1. The maximum atomic E-state index is 11.6. The minimum Gasteiger partial charge on any atom is -0.431 e. The van der Waals surface area contributed by atoms with Crippen LogP contribution in [0.25, 0.3) is 11.1 Å². The molecular formula is C14H16N2O2S. The van der Waals surface area contributed by atoms with Gasteiger partial charge in [0.2, 0.25) is 5.91 Å². The van der Waals surface area contributed by atoms with Crippen LogP contribution in [0.5, 0.6) is 0 Å². The molecule has 0 saturated carbocycles. The van der Waals surface area contributed by atoms with Crippen LogP contribution in [0, 0.1) is 0 Å². The van der Waals surface area contributed by atoms with Crippen molar-refractivity contribution >= 4 is 28.8 Å². The number of para-hydroxylation sites is 2. The Labute approximate surface area is 116 Å². The van der Waals surface area contributed by atoms with Gasteiger partial charge in [0.25, 0.3) is 5.22 Å². The molecule has 1 amide bonds. The van der Waals surface area contributed by atoms with Gasteiger partial charge in [-0.05, 0) is 25.5 Å². The minimum absolute atomic E-state index is 0.00300. The smallest absolute Gasteiger partial charge is 0.257 e. The molecule has 0 aliphatic carbocycles. The Morgan fingerprint density at radius 1 is 1.47 bits per heavy atom. The molecule has 2 aromatic rings. The number of amides is 1. The Morgan fingerprint density at radius 3 is 3.11 bits per heavy atom. The quantitative estimate of drug-likeness (QED) is 0.500. The summed E-state index contributed by atoms with van der Waals surface area (Å²) in [5, 5.41) is 3.37. The lowest BCUT2D eigenvalue weighted by molar-refractivity contribution is -0.118. The van der Waals surface area contributed by atoms with Crippen LogP contribution in [0.15, 0.2) is 46.1 Å². The number of thioether (sulfide) groups is 1. The molecule has 19 heavy (non-hydrogen) atoms. The zero-order valence-electron chi connectivity index (χ0n) is 10.8. The average Bonchev–Trinajstić information content (AvgIpc) is 2.84. The first-order valence-corrected chi connectivity index (χ1v) is 7.14. The van der Waals surface area contributed by atoms with Crippen LogP contribution in [-0.2, 0) is 4.79 Å². The molecule has 0 spiro atoms. The van der Waals surface area contributed by atoms with Crippen molar-refractivity contribution in [3.63, 3.8) is 0 Å². The monoisotopic (exact) mass is 276 g/mol. The summed E-state index contributed by atoms with van der Waals surface area (Å²) in [5.74, 6) is 0.319. The highest BCUT2D eigenvalue weighted by atomic mass is 32.2. The molecule has 0 atom stereocenters. The number of aromatic nitrogens is 1.